The number of hydrogen-bond donors (Lipinski definition) is 2. The number of nitrogens with two attached hydrogens (primary N) is 1. The van der Waals surface area contributed by atoms with Gasteiger partial charge in [-0.05, 0) is 19.1 Å². The minimum absolute atomic E-state index is 0.0834. The predicted octanol–water partition coefficient (Wildman–Crippen LogP) is 0.718. The Morgan fingerprint density at radius 1 is 1.43 bits per heavy atom. The van der Waals surface area contributed by atoms with Crippen molar-refractivity contribution in [3.05, 3.63) is 23.8 Å². The molecular weight excluding hydrogens is 206 g/mol. The first-order chi connectivity index (χ1) is 6.34. The molecule has 0 bridgehead atoms. The van der Waals surface area contributed by atoms with Crippen LogP contribution in [0.5, 0.6) is 0 Å². The van der Waals surface area contributed by atoms with Crippen molar-refractivity contribution in [3.8, 4) is 0 Å². The number of para-hydroxylation sites is 1. The number of carbonyl (C=O) groups excluding carboxylic acids is 1. The maximum Gasteiger partial charge on any atom is 0.296 e. The molecule has 0 saturated carbocycles. The summed E-state index contributed by atoms with van der Waals surface area (Å²) in [6, 6.07) is 3.87. The first-order valence-electron chi connectivity index (χ1n) is 3.71. The summed E-state index contributed by atoms with van der Waals surface area (Å²) < 4.78 is 30.3. The Hall–Kier alpha value is -1.40. The van der Waals surface area contributed by atoms with Crippen LogP contribution in [0.1, 0.15) is 17.3 Å². The predicted molar refractivity (Wildman–Crippen MR) is 50.7 cm³/mol. The van der Waals surface area contributed by atoms with Crippen LogP contribution in [-0.4, -0.2) is 18.8 Å². The number of ketones is 1. The van der Waals surface area contributed by atoms with Gasteiger partial charge in [-0.1, -0.05) is 6.07 Å². The zero-order valence-corrected chi connectivity index (χ0v) is 8.21. The van der Waals surface area contributed by atoms with Gasteiger partial charge in [0.25, 0.3) is 10.1 Å². The molecule has 1 rings (SSSR count). The van der Waals surface area contributed by atoms with E-state index < -0.39 is 15.0 Å². The van der Waals surface area contributed by atoms with Crippen molar-refractivity contribution in [2.45, 2.75) is 11.8 Å². The van der Waals surface area contributed by atoms with E-state index in [1.165, 1.54) is 19.1 Å². The lowest BCUT2D eigenvalue weighted by molar-refractivity contribution is 0.101. The summed E-state index contributed by atoms with van der Waals surface area (Å²) in [5.41, 5.74) is 5.27. The molecule has 3 N–H and O–H groups in total. The first kappa shape index (κ1) is 10.7. The molecule has 0 radical (unpaired) electrons. The molecule has 0 spiro atoms. The smallest absolute Gasteiger partial charge is 0.296 e. The van der Waals surface area contributed by atoms with E-state index in [0.29, 0.717) is 0 Å². The zero-order chi connectivity index (χ0) is 10.9. The van der Waals surface area contributed by atoms with Crippen molar-refractivity contribution >= 4 is 21.6 Å². The van der Waals surface area contributed by atoms with Gasteiger partial charge in [0.15, 0.2) is 5.78 Å². The van der Waals surface area contributed by atoms with Gasteiger partial charge in [0.05, 0.1) is 5.69 Å². The molecule has 0 unspecified atom stereocenters. The van der Waals surface area contributed by atoms with E-state index >= 15 is 0 Å². The highest BCUT2D eigenvalue weighted by Crippen LogP contribution is 2.22. The Morgan fingerprint density at radius 3 is 2.43 bits per heavy atom. The Kier molecular flexibility index (Phi) is 2.59. The highest BCUT2D eigenvalue weighted by Gasteiger charge is 2.17. The number of anilines is 1. The second-order valence-electron chi connectivity index (χ2n) is 2.75. The summed E-state index contributed by atoms with van der Waals surface area (Å²) in [4.78, 5) is 10.5. The summed E-state index contributed by atoms with van der Waals surface area (Å²) >= 11 is 0. The molecule has 0 saturated heterocycles. The van der Waals surface area contributed by atoms with Crippen molar-refractivity contribution in [2.24, 2.45) is 0 Å². The minimum atomic E-state index is -4.37. The van der Waals surface area contributed by atoms with E-state index in [-0.39, 0.29) is 17.0 Å². The fourth-order valence-corrected chi connectivity index (χ4v) is 1.71. The van der Waals surface area contributed by atoms with Crippen LogP contribution < -0.4 is 5.73 Å². The number of rotatable bonds is 2. The van der Waals surface area contributed by atoms with Crippen molar-refractivity contribution < 1.29 is 17.8 Å². The standard InChI is InChI=1S/C8H9NO4S/c1-5(10)6-3-2-4-7(8(6)9)14(11,12)13/h2-4H,9H2,1H3,(H,11,12,13). The Bertz CT molecular complexity index is 478. The molecule has 0 aliphatic rings. The second-order valence-corrected chi connectivity index (χ2v) is 4.14. The van der Waals surface area contributed by atoms with Crippen molar-refractivity contribution in [2.75, 3.05) is 5.73 Å². The maximum atomic E-state index is 11.0. The van der Waals surface area contributed by atoms with Crippen molar-refractivity contribution in [1.82, 2.24) is 0 Å². The summed E-state index contributed by atoms with van der Waals surface area (Å²) in [6.07, 6.45) is 0. The number of Topliss-reactive ketones (excluding diaryl/α,β-unsaturated/α-hetero) is 1. The Morgan fingerprint density at radius 2 is 2.00 bits per heavy atom. The quantitative estimate of drug-likeness (QED) is 0.430. The number of benzene rings is 1. The van der Waals surface area contributed by atoms with Gasteiger partial charge in [0.1, 0.15) is 4.90 Å². The van der Waals surface area contributed by atoms with Gasteiger partial charge in [-0.25, -0.2) is 0 Å². The van der Waals surface area contributed by atoms with Gasteiger partial charge >= 0.3 is 0 Å². The SMILES string of the molecule is CC(=O)c1cccc(S(=O)(=O)O)c1N. The van der Waals surface area contributed by atoms with E-state index in [2.05, 4.69) is 0 Å². The third-order valence-electron chi connectivity index (χ3n) is 1.72. The topological polar surface area (TPSA) is 97.5 Å². The molecule has 0 aliphatic carbocycles. The molecule has 6 heteroatoms. The van der Waals surface area contributed by atoms with Crippen molar-refractivity contribution in [3.63, 3.8) is 0 Å². The second kappa shape index (κ2) is 3.39. The Balaban J connectivity index is 3.51. The highest BCUT2D eigenvalue weighted by molar-refractivity contribution is 7.86. The molecule has 14 heavy (non-hydrogen) atoms. The summed E-state index contributed by atoms with van der Waals surface area (Å²) in [5.74, 6) is -0.354. The highest BCUT2D eigenvalue weighted by atomic mass is 32.2. The first-order valence-corrected chi connectivity index (χ1v) is 5.15. The summed E-state index contributed by atoms with van der Waals surface area (Å²) in [7, 11) is -4.37. The van der Waals surface area contributed by atoms with Gasteiger partial charge in [0, 0.05) is 5.56 Å². The van der Waals surface area contributed by atoms with E-state index in [1.807, 2.05) is 0 Å². The molecule has 0 amide bonds. The van der Waals surface area contributed by atoms with Crippen LogP contribution in [-0.2, 0) is 10.1 Å². The van der Waals surface area contributed by atoms with Crippen molar-refractivity contribution in [1.29, 1.82) is 0 Å². The van der Waals surface area contributed by atoms with Crippen LogP contribution >= 0.6 is 0 Å². The van der Waals surface area contributed by atoms with Gasteiger partial charge in [-0.15, -0.1) is 0 Å². The minimum Gasteiger partial charge on any atom is -0.397 e. The average molecular weight is 215 g/mol. The largest absolute Gasteiger partial charge is 0.397 e. The normalized spacial score (nSPS) is 11.3. The third kappa shape index (κ3) is 1.91. The van der Waals surface area contributed by atoms with Crippen LogP contribution in [0.4, 0.5) is 5.69 Å². The summed E-state index contributed by atoms with van der Waals surface area (Å²) in [6.45, 7) is 1.26. The molecule has 5 nitrogen and oxygen atoms in total. The monoisotopic (exact) mass is 215 g/mol. The fourth-order valence-electron chi connectivity index (χ4n) is 1.08. The van der Waals surface area contributed by atoms with Gasteiger partial charge in [-0.3, -0.25) is 9.35 Å². The molecular formula is C8H9NO4S. The molecule has 0 aromatic heterocycles. The van der Waals surface area contributed by atoms with Gasteiger partial charge in [-0.2, -0.15) is 8.42 Å². The lowest BCUT2D eigenvalue weighted by atomic mass is 10.1. The average Bonchev–Trinajstić information content (AvgIpc) is 2.01. The van der Waals surface area contributed by atoms with Crippen LogP contribution in [0.2, 0.25) is 0 Å². The van der Waals surface area contributed by atoms with Crippen LogP contribution in [0.25, 0.3) is 0 Å². The molecule has 0 fully saturated rings. The van der Waals surface area contributed by atoms with Crippen LogP contribution in [0, 0.1) is 0 Å². The van der Waals surface area contributed by atoms with E-state index in [1.54, 1.807) is 0 Å². The van der Waals surface area contributed by atoms with Gasteiger partial charge in [0.2, 0.25) is 0 Å². The van der Waals surface area contributed by atoms with E-state index in [0.717, 1.165) is 6.07 Å². The lowest BCUT2D eigenvalue weighted by Crippen LogP contribution is -2.07. The maximum absolute atomic E-state index is 11.0. The van der Waals surface area contributed by atoms with Crippen LogP contribution in [0.3, 0.4) is 0 Å². The summed E-state index contributed by atoms with van der Waals surface area (Å²) in [5, 5.41) is 0. The molecule has 1 aromatic rings. The van der Waals surface area contributed by atoms with Crippen LogP contribution in [0.15, 0.2) is 23.1 Å². The molecule has 76 valence electrons. The molecule has 0 atom stereocenters. The number of carbonyl (C=O) groups is 1. The zero-order valence-electron chi connectivity index (χ0n) is 7.39. The lowest BCUT2D eigenvalue weighted by Gasteiger charge is -2.05. The third-order valence-corrected chi connectivity index (χ3v) is 2.64. The number of nitrogen functional groups attached to an aromatic ring is 1. The van der Waals surface area contributed by atoms with E-state index in [9.17, 15) is 13.2 Å². The molecule has 0 heterocycles. The van der Waals surface area contributed by atoms with E-state index in [4.69, 9.17) is 10.3 Å². The molecule has 0 aliphatic heterocycles. The van der Waals surface area contributed by atoms with Gasteiger partial charge < -0.3 is 5.73 Å². The number of hydrogen-bond acceptors (Lipinski definition) is 4. The fraction of sp³-hybridized carbons (Fsp3) is 0.125. The Labute approximate surface area is 81.3 Å². The molecule has 1 aromatic carbocycles.